The van der Waals surface area contributed by atoms with Gasteiger partial charge in [-0.3, -0.25) is 0 Å². The summed E-state index contributed by atoms with van der Waals surface area (Å²) in [5, 5.41) is 0. The van der Waals surface area contributed by atoms with E-state index in [1.54, 1.807) is 36.8 Å². The maximum Gasteiger partial charge on any atom is 0.221 e. The highest BCUT2D eigenvalue weighted by Gasteiger charge is 2.12. The van der Waals surface area contributed by atoms with Crippen molar-refractivity contribution in [1.82, 2.24) is 9.97 Å². The summed E-state index contributed by atoms with van der Waals surface area (Å²) >= 11 is 3.32. The third kappa shape index (κ3) is 3.54. The zero-order valence-corrected chi connectivity index (χ0v) is 13.8. The average molecular weight is 322 g/mol. The molecule has 4 N–H and O–H groups in total. The number of nitrogens with two attached hydrogens (primary N) is 2. The van der Waals surface area contributed by atoms with E-state index in [4.69, 9.17) is 16.2 Å². The smallest absolute Gasteiger partial charge is 0.221 e. The Morgan fingerprint density at radius 1 is 1.14 bits per heavy atom. The predicted molar refractivity (Wildman–Crippen MR) is 90.2 cm³/mol. The van der Waals surface area contributed by atoms with Crippen LogP contribution in [0.5, 0.6) is 5.75 Å². The fourth-order valence-corrected chi connectivity index (χ4v) is 3.39. The first kappa shape index (κ1) is 15.8. The van der Waals surface area contributed by atoms with Crippen LogP contribution in [0.4, 0.5) is 11.8 Å². The van der Waals surface area contributed by atoms with E-state index in [1.165, 1.54) is 0 Å². The molecule has 2 rings (SSSR count). The van der Waals surface area contributed by atoms with Crippen LogP contribution in [-0.2, 0) is 6.42 Å². The van der Waals surface area contributed by atoms with Crippen molar-refractivity contribution in [2.75, 3.05) is 31.1 Å². The molecule has 0 fully saturated rings. The van der Waals surface area contributed by atoms with Gasteiger partial charge >= 0.3 is 0 Å². The Morgan fingerprint density at radius 2 is 1.76 bits per heavy atom. The van der Waals surface area contributed by atoms with Crippen LogP contribution >= 0.6 is 23.5 Å². The molecule has 0 atom stereocenters. The van der Waals surface area contributed by atoms with Crippen LogP contribution in [0.1, 0.15) is 11.1 Å². The van der Waals surface area contributed by atoms with E-state index < -0.39 is 0 Å². The first-order valence-electron chi connectivity index (χ1n) is 6.24. The number of thioether (sulfide) groups is 2. The van der Waals surface area contributed by atoms with Gasteiger partial charge in [-0.05, 0) is 30.2 Å². The van der Waals surface area contributed by atoms with Crippen LogP contribution in [0.2, 0.25) is 0 Å². The van der Waals surface area contributed by atoms with Crippen LogP contribution in [0.25, 0.3) is 0 Å². The predicted octanol–water partition coefficient (Wildman–Crippen LogP) is 2.68. The monoisotopic (exact) mass is 322 g/mol. The van der Waals surface area contributed by atoms with Gasteiger partial charge in [-0.1, -0.05) is 0 Å². The fraction of sp³-hybridized carbons (Fsp3) is 0.286. The zero-order valence-electron chi connectivity index (χ0n) is 12.2. The number of benzene rings is 1. The number of rotatable bonds is 5. The average Bonchev–Trinajstić information content (AvgIpc) is 2.49. The lowest BCUT2D eigenvalue weighted by Crippen LogP contribution is -2.04. The Kier molecular flexibility index (Phi) is 5.19. The summed E-state index contributed by atoms with van der Waals surface area (Å²) in [6, 6.07) is 4.22. The molecule has 0 saturated heterocycles. The summed E-state index contributed by atoms with van der Waals surface area (Å²) in [6.07, 6.45) is 6.41. The van der Waals surface area contributed by atoms with Gasteiger partial charge in [0.15, 0.2) is 0 Å². The van der Waals surface area contributed by atoms with Gasteiger partial charge in [-0.2, -0.15) is 4.98 Å². The molecule has 1 aromatic carbocycles. The second kappa shape index (κ2) is 6.91. The van der Waals surface area contributed by atoms with Crippen molar-refractivity contribution in [2.24, 2.45) is 0 Å². The van der Waals surface area contributed by atoms with Crippen LogP contribution in [0.15, 0.2) is 28.1 Å². The number of hydrogen-bond acceptors (Lipinski definition) is 7. The molecule has 0 bridgehead atoms. The third-order valence-electron chi connectivity index (χ3n) is 3.04. The molecule has 0 aliphatic heterocycles. The summed E-state index contributed by atoms with van der Waals surface area (Å²) in [6.45, 7) is 0. The topological polar surface area (TPSA) is 87.0 Å². The standard InChI is InChI=1S/C14H18N4OS2/c1-19-12-10(20-2)5-8(6-11(12)21-3)4-9-7-17-14(16)18-13(9)15/h5-7H,4H2,1-3H3,(H4,15,16,17,18). The molecule has 112 valence electrons. The molecular weight excluding hydrogens is 304 g/mol. The molecule has 0 amide bonds. The maximum atomic E-state index is 5.90. The van der Waals surface area contributed by atoms with Crippen LogP contribution in [0, 0.1) is 0 Å². The number of aromatic nitrogens is 2. The summed E-state index contributed by atoms with van der Waals surface area (Å²) < 4.78 is 5.50. The Hall–Kier alpha value is -1.60. The Labute approximate surface area is 132 Å². The largest absolute Gasteiger partial charge is 0.494 e. The van der Waals surface area contributed by atoms with Crippen molar-refractivity contribution in [2.45, 2.75) is 16.2 Å². The zero-order chi connectivity index (χ0) is 15.4. The first-order valence-corrected chi connectivity index (χ1v) is 8.69. The quantitative estimate of drug-likeness (QED) is 0.818. The molecule has 0 saturated carbocycles. The van der Waals surface area contributed by atoms with E-state index in [1.807, 2.05) is 12.5 Å². The number of methoxy groups -OCH3 is 1. The van der Waals surface area contributed by atoms with Crippen LogP contribution in [0.3, 0.4) is 0 Å². The van der Waals surface area contributed by atoms with Gasteiger partial charge in [0, 0.05) is 18.2 Å². The molecule has 0 radical (unpaired) electrons. The fourth-order valence-electron chi connectivity index (χ4n) is 2.03. The van der Waals surface area contributed by atoms with E-state index in [9.17, 15) is 0 Å². The minimum atomic E-state index is 0.195. The van der Waals surface area contributed by atoms with Crippen molar-refractivity contribution in [3.63, 3.8) is 0 Å². The first-order chi connectivity index (χ1) is 10.1. The Morgan fingerprint density at radius 3 is 2.24 bits per heavy atom. The Balaban J connectivity index is 2.40. The second-order valence-corrected chi connectivity index (χ2v) is 6.05. The molecule has 0 spiro atoms. The number of nitrogen functional groups attached to an aromatic ring is 2. The summed E-state index contributed by atoms with van der Waals surface area (Å²) in [5.74, 6) is 1.54. The highest BCUT2D eigenvalue weighted by Crippen LogP contribution is 2.38. The van der Waals surface area contributed by atoms with Crippen molar-refractivity contribution in [3.8, 4) is 5.75 Å². The maximum absolute atomic E-state index is 5.90. The number of nitrogens with zero attached hydrogens (tertiary/aromatic N) is 2. The summed E-state index contributed by atoms with van der Waals surface area (Å²) in [4.78, 5) is 10.2. The van der Waals surface area contributed by atoms with Crippen molar-refractivity contribution in [3.05, 3.63) is 29.5 Å². The van der Waals surface area contributed by atoms with Crippen molar-refractivity contribution in [1.29, 1.82) is 0 Å². The van der Waals surface area contributed by atoms with Gasteiger partial charge in [0.1, 0.15) is 11.6 Å². The van der Waals surface area contributed by atoms with Gasteiger partial charge in [0.25, 0.3) is 0 Å². The number of anilines is 2. The Bertz CT molecular complexity index is 624. The van der Waals surface area contributed by atoms with Gasteiger partial charge < -0.3 is 16.2 Å². The highest BCUT2D eigenvalue weighted by molar-refractivity contribution is 7.99. The molecule has 7 heteroatoms. The molecule has 0 aliphatic rings. The van der Waals surface area contributed by atoms with Crippen molar-refractivity contribution >= 4 is 35.3 Å². The van der Waals surface area contributed by atoms with E-state index in [0.717, 1.165) is 26.7 Å². The number of hydrogen-bond donors (Lipinski definition) is 2. The van der Waals surface area contributed by atoms with E-state index >= 15 is 0 Å². The van der Waals surface area contributed by atoms with Crippen LogP contribution in [-0.4, -0.2) is 29.6 Å². The molecule has 1 heterocycles. The molecule has 5 nitrogen and oxygen atoms in total. The van der Waals surface area contributed by atoms with Gasteiger partial charge in [-0.15, -0.1) is 23.5 Å². The highest BCUT2D eigenvalue weighted by atomic mass is 32.2. The van der Waals surface area contributed by atoms with Crippen LogP contribution < -0.4 is 16.2 Å². The van der Waals surface area contributed by atoms with E-state index in [2.05, 4.69) is 22.1 Å². The minimum absolute atomic E-state index is 0.195. The lowest BCUT2D eigenvalue weighted by Gasteiger charge is -2.14. The molecule has 0 aliphatic carbocycles. The molecule has 2 aromatic rings. The molecule has 1 aromatic heterocycles. The van der Waals surface area contributed by atoms with Gasteiger partial charge in [-0.25, -0.2) is 4.98 Å². The van der Waals surface area contributed by atoms with E-state index in [0.29, 0.717) is 12.2 Å². The third-order valence-corrected chi connectivity index (χ3v) is 4.52. The molecule has 0 unspecified atom stereocenters. The lowest BCUT2D eigenvalue weighted by atomic mass is 10.1. The van der Waals surface area contributed by atoms with E-state index in [-0.39, 0.29) is 5.95 Å². The van der Waals surface area contributed by atoms with Gasteiger partial charge in [0.05, 0.1) is 16.9 Å². The SMILES string of the molecule is COc1c(SC)cc(Cc2cnc(N)nc2N)cc1SC. The number of ether oxygens (including phenoxy) is 1. The molecule has 21 heavy (non-hydrogen) atoms. The van der Waals surface area contributed by atoms with Crippen molar-refractivity contribution < 1.29 is 4.74 Å². The minimum Gasteiger partial charge on any atom is -0.494 e. The summed E-state index contributed by atoms with van der Waals surface area (Å²) in [7, 11) is 1.69. The second-order valence-electron chi connectivity index (χ2n) is 4.35. The van der Waals surface area contributed by atoms with Gasteiger partial charge in [0.2, 0.25) is 5.95 Å². The molecular formula is C14H18N4OS2. The normalized spacial score (nSPS) is 10.6. The summed E-state index contributed by atoms with van der Waals surface area (Å²) in [5.41, 5.74) is 13.4. The lowest BCUT2D eigenvalue weighted by molar-refractivity contribution is 0.394.